The summed E-state index contributed by atoms with van der Waals surface area (Å²) in [5, 5.41) is 0.684. The third kappa shape index (κ3) is 5.39. The number of aromatic nitrogens is 2. The van der Waals surface area contributed by atoms with Crippen LogP contribution in [0.3, 0.4) is 0 Å². The summed E-state index contributed by atoms with van der Waals surface area (Å²) >= 11 is 1.56. The zero-order valence-corrected chi connectivity index (χ0v) is 17.4. The smallest absolute Gasteiger partial charge is 0.223 e. The molecule has 0 aliphatic rings. The molecule has 0 spiro atoms. The molecule has 5 nitrogen and oxygen atoms in total. The number of thioether (sulfide) groups is 1. The Morgan fingerprint density at radius 3 is 2.14 bits per heavy atom. The molecular weight excluding hydrogens is 372 g/mol. The van der Waals surface area contributed by atoms with E-state index in [4.69, 9.17) is 14.2 Å². The zero-order valence-electron chi connectivity index (χ0n) is 16.6. The summed E-state index contributed by atoms with van der Waals surface area (Å²) in [6, 6.07) is 15.6. The van der Waals surface area contributed by atoms with Gasteiger partial charge in [-0.3, -0.25) is 0 Å². The second kappa shape index (κ2) is 9.46. The Morgan fingerprint density at radius 1 is 0.857 bits per heavy atom. The molecule has 3 rings (SSSR count). The molecule has 2 aromatic carbocycles. The summed E-state index contributed by atoms with van der Waals surface area (Å²) < 4.78 is 16.6. The van der Waals surface area contributed by atoms with E-state index in [1.54, 1.807) is 26.0 Å². The first-order valence-corrected chi connectivity index (χ1v) is 10.1. The fourth-order valence-corrected chi connectivity index (χ4v) is 3.37. The van der Waals surface area contributed by atoms with E-state index in [9.17, 15) is 0 Å². The highest BCUT2D eigenvalue weighted by Gasteiger charge is 2.09. The van der Waals surface area contributed by atoms with Gasteiger partial charge < -0.3 is 14.2 Å². The summed E-state index contributed by atoms with van der Waals surface area (Å²) in [5.74, 6) is 3.55. The van der Waals surface area contributed by atoms with Gasteiger partial charge in [-0.25, -0.2) is 4.98 Å². The molecular formula is C22H24N2O3S. The van der Waals surface area contributed by atoms with Crippen molar-refractivity contribution in [2.45, 2.75) is 31.2 Å². The number of rotatable bonds is 8. The molecule has 1 aromatic heterocycles. The molecule has 3 aromatic rings. The van der Waals surface area contributed by atoms with Crippen molar-refractivity contribution in [2.24, 2.45) is 0 Å². The van der Waals surface area contributed by atoms with E-state index >= 15 is 0 Å². The predicted molar refractivity (Wildman–Crippen MR) is 112 cm³/mol. The van der Waals surface area contributed by atoms with Crippen molar-refractivity contribution in [3.63, 3.8) is 0 Å². The van der Waals surface area contributed by atoms with Gasteiger partial charge >= 0.3 is 0 Å². The lowest BCUT2D eigenvalue weighted by molar-refractivity contribution is 0.393. The van der Waals surface area contributed by atoms with E-state index in [0.29, 0.717) is 16.8 Å². The number of aryl methyl sites for hydroxylation is 2. The van der Waals surface area contributed by atoms with Crippen LogP contribution in [0.5, 0.6) is 23.1 Å². The molecule has 0 unspecified atom stereocenters. The van der Waals surface area contributed by atoms with Crippen LogP contribution in [0.25, 0.3) is 0 Å². The molecule has 28 heavy (non-hydrogen) atoms. The molecule has 0 radical (unpaired) electrons. The zero-order chi connectivity index (χ0) is 19.9. The van der Waals surface area contributed by atoms with E-state index in [1.165, 1.54) is 5.56 Å². The average molecular weight is 397 g/mol. The summed E-state index contributed by atoms with van der Waals surface area (Å²) in [4.78, 5) is 9.18. The van der Waals surface area contributed by atoms with Crippen LogP contribution < -0.4 is 14.2 Å². The molecule has 0 atom stereocenters. The summed E-state index contributed by atoms with van der Waals surface area (Å²) in [6.07, 6.45) is 0.813. The normalized spacial score (nSPS) is 10.6. The Hall–Kier alpha value is -2.73. The van der Waals surface area contributed by atoms with E-state index in [1.807, 2.05) is 55.5 Å². The number of hydrogen-bond donors (Lipinski definition) is 0. The minimum Gasteiger partial charge on any atom is -0.497 e. The predicted octanol–water partition coefficient (Wildman–Crippen LogP) is 5.45. The molecule has 0 N–H and O–H groups in total. The second-order valence-electron chi connectivity index (χ2n) is 6.26. The van der Waals surface area contributed by atoms with Gasteiger partial charge in [-0.15, -0.1) is 0 Å². The number of hydrogen-bond acceptors (Lipinski definition) is 6. The molecule has 0 saturated heterocycles. The fourth-order valence-electron chi connectivity index (χ4n) is 2.57. The Labute approximate surface area is 170 Å². The maximum Gasteiger partial charge on any atom is 0.223 e. The minimum atomic E-state index is 0.557. The first-order chi connectivity index (χ1) is 13.6. The lowest BCUT2D eigenvalue weighted by Crippen LogP contribution is -1.98. The third-order valence-electron chi connectivity index (χ3n) is 4.12. The second-order valence-corrected chi connectivity index (χ2v) is 7.20. The van der Waals surface area contributed by atoms with Crippen LogP contribution in [-0.4, -0.2) is 24.2 Å². The van der Waals surface area contributed by atoms with Gasteiger partial charge in [0.1, 0.15) is 17.2 Å². The summed E-state index contributed by atoms with van der Waals surface area (Å²) in [6.45, 7) is 4.12. The fraction of sp³-hybridized carbons (Fsp3) is 0.273. The van der Waals surface area contributed by atoms with Gasteiger partial charge in [0.05, 0.1) is 14.2 Å². The quantitative estimate of drug-likeness (QED) is 0.373. The van der Waals surface area contributed by atoms with Gasteiger partial charge in [0.2, 0.25) is 5.88 Å². The molecule has 0 fully saturated rings. The van der Waals surface area contributed by atoms with Crippen molar-refractivity contribution >= 4 is 11.8 Å². The summed E-state index contributed by atoms with van der Waals surface area (Å²) in [7, 11) is 3.29. The van der Waals surface area contributed by atoms with E-state index < -0.39 is 0 Å². The maximum absolute atomic E-state index is 5.94. The van der Waals surface area contributed by atoms with Gasteiger partial charge in [-0.2, -0.15) is 4.98 Å². The molecule has 0 amide bonds. The van der Waals surface area contributed by atoms with Crippen molar-refractivity contribution < 1.29 is 14.2 Å². The molecule has 146 valence electrons. The Bertz CT molecular complexity index is 907. The van der Waals surface area contributed by atoms with Crippen LogP contribution in [0.1, 0.15) is 23.7 Å². The number of methoxy groups -OCH3 is 2. The molecule has 0 bridgehead atoms. The van der Waals surface area contributed by atoms with Gasteiger partial charge in [-0.05, 0) is 43.2 Å². The number of benzene rings is 2. The number of ether oxygens (including phenoxy) is 3. The van der Waals surface area contributed by atoms with Crippen LogP contribution in [0, 0.1) is 6.92 Å². The van der Waals surface area contributed by atoms with Gasteiger partial charge in [-0.1, -0.05) is 36.4 Å². The molecule has 6 heteroatoms. The standard InChI is InChI=1S/C22H24N2O3S/c1-5-17-12-21(27-18-8-6-15(2)7-9-18)24-22(23-17)28-14-16-10-19(25-3)13-20(11-16)26-4/h6-13H,5,14H2,1-4H3. The van der Waals surface area contributed by atoms with E-state index in [0.717, 1.165) is 34.9 Å². The van der Waals surface area contributed by atoms with Crippen molar-refractivity contribution in [1.82, 2.24) is 9.97 Å². The monoisotopic (exact) mass is 396 g/mol. The lowest BCUT2D eigenvalue weighted by atomic mass is 10.2. The lowest BCUT2D eigenvalue weighted by Gasteiger charge is -2.10. The molecule has 1 heterocycles. The average Bonchev–Trinajstić information content (AvgIpc) is 2.73. The van der Waals surface area contributed by atoms with Crippen LogP contribution >= 0.6 is 11.8 Å². The van der Waals surface area contributed by atoms with Crippen molar-refractivity contribution in [2.75, 3.05) is 14.2 Å². The minimum absolute atomic E-state index is 0.557. The largest absolute Gasteiger partial charge is 0.497 e. The first kappa shape index (κ1) is 20.0. The summed E-state index contributed by atoms with van der Waals surface area (Å²) in [5.41, 5.74) is 3.21. The van der Waals surface area contributed by atoms with Crippen LogP contribution in [0.4, 0.5) is 0 Å². The third-order valence-corrected chi connectivity index (χ3v) is 5.04. The van der Waals surface area contributed by atoms with Crippen molar-refractivity contribution in [3.8, 4) is 23.1 Å². The van der Waals surface area contributed by atoms with Crippen LogP contribution in [0.15, 0.2) is 53.7 Å². The van der Waals surface area contributed by atoms with Crippen LogP contribution in [-0.2, 0) is 12.2 Å². The number of nitrogens with zero attached hydrogens (tertiary/aromatic N) is 2. The Morgan fingerprint density at radius 2 is 1.54 bits per heavy atom. The van der Waals surface area contributed by atoms with Crippen molar-refractivity contribution in [3.05, 3.63) is 65.4 Å². The molecule has 0 aliphatic heterocycles. The molecule has 0 saturated carbocycles. The highest BCUT2D eigenvalue weighted by Crippen LogP contribution is 2.29. The van der Waals surface area contributed by atoms with Crippen molar-refractivity contribution in [1.29, 1.82) is 0 Å². The van der Waals surface area contributed by atoms with E-state index in [-0.39, 0.29) is 0 Å². The highest BCUT2D eigenvalue weighted by atomic mass is 32.2. The highest BCUT2D eigenvalue weighted by molar-refractivity contribution is 7.98. The Balaban J connectivity index is 1.77. The van der Waals surface area contributed by atoms with Gasteiger partial charge in [0.25, 0.3) is 0 Å². The van der Waals surface area contributed by atoms with Gasteiger partial charge in [0, 0.05) is 23.6 Å². The molecule has 0 aliphatic carbocycles. The topological polar surface area (TPSA) is 53.5 Å². The SMILES string of the molecule is CCc1cc(Oc2ccc(C)cc2)nc(SCc2cc(OC)cc(OC)c2)n1. The Kier molecular flexibility index (Phi) is 6.76. The van der Waals surface area contributed by atoms with E-state index in [2.05, 4.69) is 16.9 Å². The first-order valence-electron chi connectivity index (χ1n) is 9.07. The van der Waals surface area contributed by atoms with Crippen LogP contribution in [0.2, 0.25) is 0 Å². The maximum atomic E-state index is 5.94. The van der Waals surface area contributed by atoms with Gasteiger partial charge in [0.15, 0.2) is 5.16 Å².